The highest BCUT2D eigenvalue weighted by Crippen LogP contribution is 2.39. The Kier molecular flexibility index (Phi) is 3.40. The molecule has 1 amide bonds. The van der Waals surface area contributed by atoms with Crippen LogP contribution in [-0.2, 0) is 5.41 Å². The Hall–Kier alpha value is -2.41. The molecule has 1 aliphatic heterocycles. The van der Waals surface area contributed by atoms with E-state index < -0.39 is 11.7 Å². The van der Waals surface area contributed by atoms with Crippen molar-refractivity contribution in [3.8, 4) is 0 Å². The standard InChI is InChI=1S/C18H22FN5O/c1-4-23-6-5-18(3,9-23)14-10(2)22-24-15-12(16(20)25)7-11(19)8-13(15)21-17(14)24/h7-8,21H,4-6,9H2,1-3H3,(H2,20,25). The van der Waals surface area contributed by atoms with E-state index in [0.717, 1.165) is 43.0 Å². The molecule has 2 aromatic heterocycles. The quantitative estimate of drug-likeness (QED) is 0.766. The zero-order chi connectivity index (χ0) is 17.9. The number of primary amides is 1. The summed E-state index contributed by atoms with van der Waals surface area (Å²) < 4.78 is 15.6. The third kappa shape index (κ3) is 2.26. The van der Waals surface area contributed by atoms with Crippen LogP contribution >= 0.6 is 0 Å². The average Bonchev–Trinajstić information content (AvgIpc) is 3.17. The molecule has 1 unspecified atom stereocenters. The first-order chi connectivity index (χ1) is 11.8. The van der Waals surface area contributed by atoms with Crippen molar-refractivity contribution >= 4 is 22.6 Å². The molecule has 0 radical (unpaired) electrons. The molecule has 1 aromatic carbocycles. The minimum absolute atomic E-state index is 0.0336. The smallest absolute Gasteiger partial charge is 0.251 e. The summed E-state index contributed by atoms with van der Waals surface area (Å²) in [5.74, 6) is -1.15. The van der Waals surface area contributed by atoms with Crippen LogP contribution in [0.25, 0.3) is 16.7 Å². The van der Waals surface area contributed by atoms with Crippen molar-refractivity contribution in [1.29, 1.82) is 0 Å². The number of rotatable bonds is 3. The molecule has 7 heteroatoms. The van der Waals surface area contributed by atoms with E-state index in [1.807, 2.05) is 6.92 Å². The summed E-state index contributed by atoms with van der Waals surface area (Å²) in [6, 6.07) is 2.55. The fourth-order valence-corrected chi connectivity index (χ4v) is 4.30. The van der Waals surface area contributed by atoms with Crippen molar-refractivity contribution in [3.05, 3.63) is 34.8 Å². The number of nitrogens with two attached hydrogens (primary N) is 1. The molecular weight excluding hydrogens is 321 g/mol. The number of aromatic amines is 1. The van der Waals surface area contributed by atoms with E-state index in [4.69, 9.17) is 5.73 Å². The first kappa shape index (κ1) is 16.1. The van der Waals surface area contributed by atoms with Crippen molar-refractivity contribution in [2.75, 3.05) is 19.6 Å². The fraction of sp³-hybridized carbons (Fsp3) is 0.444. The second-order valence-corrected chi connectivity index (χ2v) is 7.24. The first-order valence-electron chi connectivity index (χ1n) is 8.57. The van der Waals surface area contributed by atoms with Crippen molar-refractivity contribution in [3.63, 3.8) is 0 Å². The summed E-state index contributed by atoms with van der Waals surface area (Å²) in [5, 5.41) is 4.65. The molecule has 132 valence electrons. The number of H-pyrrole nitrogens is 1. The predicted molar refractivity (Wildman–Crippen MR) is 94.3 cm³/mol. The number of halogens is 1. The number of hydrogen-bond donors (Lipinski definition) is 2. The highest BCUT2D eigenvalue weighted by atomic mass is 19.1. The number of fused-ring (bicyclic) bond motifs is 3. The van der Waals surface area contributed by atoms with Crippen LogP contribution in [-0.4, -0.2) is 45.0 Å². The lowest BCUT2D eigenvalue weighted by atomic mass is 9.81. The zero-order valence-corrected chi connectivity index (χ0v) is 14.7. The van der Waals surface area contributed by atoms with Crippen molar-refractivity contribution in [2.45, 2.75) is 32.6 Å². The van der Waals surface area contributed by atoms with Crippen LogP contribution in [0.3, 0.4) is 0 Å². The van der Waals surface area contributed by atoms with Crippen molar-refractivity contribution < 1.29 is 9.18 Å². The van der Waals surface area contributed by atoms with Gasteiger partial charge in [0.2, 0.25) is 0 Å². The van der Waals surface area contributed by atoms with Gasteiger partial charge in [0.15, 0.2) is 0 Å². The molecule has 1 fully saturated rings. The number of hydrogen-bond acceptors (Lipinski definition) is 3. The number of amides is 1. The van der Waals surface area contributed by atoms with Gasteiger partial charge in [-0.05, 0) is 38.6 Å². The molecule has 1 saturated heterocycles. The highest BCUT2D eigenvalue weighted by molar-refractivity contribution is 6.05. The number of carbonyl (C=O) groups excluding carboxylic acids is 1. The van der Waals surface area contributed by atoms with Crippen LogP contribution in [0.15, 0.2) is 12.1 Å². The second kappa shape index (κ2) is 5.29. The zero-order valence-electron chi connectivity index (χ0n) is 14.7. The largest absolute Gasteiger partial charge is 0.366 e. The monoisotopic (exact) mass is 343 g/mol. The maximum absolute atomic E-state index is 13.9. The fourth-order valence-electron chi connectivity index (χ4n) is 4.30. The first-order valence-corrected chi connectivity index (χ1v) is 8.57. The highest BCUT2D eigenvalue weighted by Gasteiger charge is 2.39. The molecule has 25 heavy (non-hydrogen) atoms. The Balaban J connectivity index is 2.00. The third-order valence-corrected chi connectivity index (χ3v) is 5.47. The van der Waals surface area contributed by atoms with Crippen molar-refractivity contribution in [2.24, 2.45) is 5.73 Å². The number of aromatic nitrogens is 3. The van der Waals surface area contributed by atoms with Gasteiger partial charge < -0.3 is 15.6 Å². The van der Waals surface area contributed by atoms with Gasteiger partial charge >= 0.3 is 0 Å². The molecule has 3 N–H and O–H groups in total. The molecule has 1 aliphatic rings. The van der Waals surface area contributed by atoms with E-state index in [9.17, 15) is 9.18 Å². The van der Waals surface area contributed by atoms with Gasteiger partial charge in [0.25, 0.3) is 5.91 Å². The molecule has 3 heterocycles. The maximum atomic E-state index is 13.9. The molecule has 3 aromatic rings. The van der Waals surface area contributed by atoms with E-state index in [0.29, 0.717) is 11.0 Å². The predicted octanol–water partition coefficient (Wildman–Crippen LogP) is 2.35. The van der Waals surface area contributed by atoms with Gasteiger partial charge in [-0.15, -0.1) is 0 Å². The topological polar surface area (TPSA) is 79.4 Å². The van der Waals surface area contributed by atoms with Crippen LogP contribution in [0, 0.1) is 12.7 Å². The van der Waals surface area contributed by atoms with Crippen LogP contribution < -0.4 is 5.73 Å². The van der Waals surface area contributed by atoms with Gasteiger partial charge in [-0.2, -0.15) is 5.10 Å². The van der Waals surface area contributed by atoms with Crippen LogP contribution in [0.5, 0.6) is 0 Å². The lowest BCUT2D eigenvalue weighted by Crippen LogP contribution is -2.28. The van der Waals surface area contributed by atoms with Crippen LogP contribution in [0.1, 0.15) is 41.9 Å². The Bertz CT molecular complexity index is 1000. The Morgan fingerprint density at radius 1 is 1.48 bits per heavy atom. The number of likely N-dealkylation sites (tertiary alicyclic amines) is 1. The third-order valence-electron chi connectivity index (χ3n) is 5.47. The van der Waals surface area contributed by atoms with Gasteiger partial charge in [0, 0.05) is 17.5 Å². The minimum atomic E-state index is -0.663. The molecule has 1 atom stereocenters. The molecular formula is C18H22FN5O. The normalized spacial score (nSPS) is 21.6. The summed E-state index contributed by atoms with van der Waals surface area (Å²) in [6.45, 7) is 9.41. The van der Waals surface area contributed by atoms with E-state index >= 15 is 0 Å². The molecule has 0 bridgehead atoms. The minimum Gasteiger partial charge on any atom is -0.366 e. The number of nitrogens with zero attached hydrogens (tertiary/aromatic N) is 3. The maximum Gasteiger partial charge on any atom is 0.251 e. The summed E-state index contributed by atoms with van der Waals surface area (Å²) in [6.07, 6.45) is 1.04. The van der Waals surface area contributed by atoms with Gasteiger partial charge in [0.1, 0.15) is 17.0 Å². The number of imidazole rings is 1. The van der Waals surface area contributed by atoms with Gasteiger partial charge in [-0.1, -0.05) is 13.8 Å². The summed E-state index contributed by atoms with van der Waals surface area (Å²) in [4.78, 5) is 17.5. The van der Waals surface area contributed by atoms with Gasteiger partial charge in [-0.25, -0.2) is 8.91 Å². The van der Waals surface area contributed by atoms with Crippen LogP contribution in [0.4, 0.5) is 4.39 Å². The lowest BCUT2D eigenvalue weighted by molar-refractivity contribution is 0.100. The SMILES string of the molecule is CCN1CCC(C)(c2c(C)nn3c2[nH]c2cc(F)cc(C(N)=O)c23)C1. The average molecular weight is 343 g/mol. The number of benzene rings is 1. The number of likely N-dealkylation sites (N-methyl/N-ethyl adjacent to an activating group) is 1. The van der Waals surface area contributed by atoms with Gasteiger partial charge in [0.05, 0.1) is 16.8 Å². The molecule has 4 rings (SSSR count). The van der Waals surface area contributed by atoms with Crippen LogP contribution in [0.2, 0.25) is 0 Å². The molecule has 0 saturated carbocycles. The van der Waals surface area contributed by atoms with E-state index in [2.05, 4.69) is 28.8 Å². The Morgan fingerprint density at radius 2 is 2.24 bits per heavy atom. The Morgan fingerprint density at radius 3 is 2.88 bits per heavy atom. The van der Waals surface area contributed by atoms with E-state index in [-0.39, 0.29) is 11.0 Å². The molecule has 6 nitrogen and oxygen atoms in total. The summed E-state index contributed by atoms with van der Waals surface area (Å²) in [7, 11) is 0. The van der Waals surface area contributed by atoms with E-state index in [1.54, 1.807) is 4.52 Å². The van der Waals surface area contributed by atoms with E-state index in [1.165, 1.54) is 12.1 Å². The summed E-state index contributed by atoms with van der Waals surface area (Å²) >= 11 is 0. The van der Waals surface area contributed by atoms with Crippen molar-refractivity contribution in [1.82, 2.24) is 19.5 Å². The molecule has 0 spiro atoms. The number of nitrogens with one attached hydrogen (secondary N) is 1. The molecule has 0 aliphatic carbocycles. The Labute approximate surface area is 144 Å². The number of carbonyl (C=O) groups is 1. The second-order valence-electron chi connectivity index (χ2n) is 7.24. The van der Waals surface area contributed by atoms with Gasteiger partial charge in [-0.3, -0.25) is 4.79 Å². The number of aryl methyl sites for hydroxylation is 1. The summed E-state index contributed by atoms with van der Waals surface area (Å²) in [5.41, 5.74) is 9.52. The lowest BCUT2D eigenvalue weighted by Gasteiger charge is -2.24.